The number of alkyl carbamates (subject to hydrolysis) is 1. The van der Waals surface area contributed by atoms with Gasteiger partial charge in [0.25, 0.3) is 0 Å². The molecule has 3 N–H and O–H groups in total. The number of rotatable bonds is 11. The van der Waals surface area contributed by atoms with Crippen molar-refractivity contribution in [3.63, 3.8) is 0 Å². The van der Waals surface area contributed by atoms with Gasteiger partial charge in [0.1, 0.15) is 12.4 Å². The number of carbonyl (C=O) groups is 2. The molecule has 0 aromatic heterocycles. The molecule has 0 spiro atoms. The number of anilines is 1. The molecule has 1 aliphatic heterocycles. The first kappa shape index (κ1) is 35.0. The Morgan fingerprint density at radius 3 is 2.22 bits per heavy atom. The van der Waals surface area contributed by atoms with Crippen molar-refractivity contribution in [2.75, 3.05) is 37.8 Å². The Hall–Kier alpha value is -3.89. The summed E-state index contributed by atoms with van der Waals surface area (Å²) in [6.45, 7) is 1.16. The van der Waals surface area contributed by atoms with Crippen LogP contribution in [0.15, 0.2) is 108 Å². The van der Waals surface area contributed by atoms with Gasteiger partial charge in [0.2, 0.25) is 5.91 Å². The molecule has 2 atom stereocenters. The maximum Gasteiger partial charge on any atom is 0.407 e. The van der Waals surface area contributed by atoms with Gasteiger partial charge in [0, 0.05) is 40.0 Å². The lowest BCUT2D eigenvalue weighted by molar-refractivity contribution is -0.115. The van der Waals surface area contributed by atoms with E-state index in [1.54, 1.807) is 17.8 Å². The number of carbonyl (C=O) groups excluding carboxylic acids is 2. The summed E-state index contributed by atoms with van der Waals surface area (Å²) < 4.78 is 25.2. The van der Waals surface area contributed by atoms with Crippen molar-refractivity contribution < 1.29 is 23.5 Å². The molecule has 46 heavy (non-hydrogen) atoms. The number of hydrogen-bond acceptors (Lipinski definition) is 6. The van der Waals surface area contributed by atoms with Crippen LogP contribution in [0.25, 0.3) is 0 Å². The molecule has 0 aliphatic carbocycles. The third kappa shape index (κ3) is 12.1. The number of thioether (sulfide) groups is 1. The minimum absolute atomic E-state index is 0.0358. The summed E-state index contributed by atoms with van der Waals surface area (Å²) in [6, 6.07) is 33.3. The number of ether oxygens (including phenoxy) is 2. The van der Waals surface area contributed by atoms with Gasteiger partial charge in [-0.1, -0.05) is 78.3 Å². The maximum atomic E-state index is 14.5. The van der Waals surface area contributed by atoms with Gasteiger partial charge in [0.15, 0.2) is 0 Å². The Labute approximate surface area is 279 Å². The summed E-state index contributed by atoms with van der Waals surface area (Å²) in [5.74, 6) is -0.0752. The van der Waals surface area contributed by atoms with Crippen LogP contribution in [0.5, 0.6) is 0 Å². The van der Waals surface area contributed by atoms with Crippen molar-refractivity contribution in [1.29, 1.82) is 0 Å². The lowest BCUT2D eigenvalue weighted by atomic mass is 10.0. The van der Waals surface area contributed by atoms with Crippen molar-refractivity contribution in [3.05, 3.63) is 131 Å². The van der Waals surface area contributed by atoms with E-state index in [1.165, 1.54) is 30.4 Å². The van der Waals surface area contributed by atoms with Crippen LogP contribution in [0, 0.1) is 5.82 Å². The van der Waals surface area contributed by atoms with Gasteiger partial charge in [-0.2, -0.15) is 0 Å². The van der Waals surface area contributed by atoms with Gasteiger partial charge in [-0.3, -0.25) is 4.79 Å². The van der Waals surface area contributed by atoms with Crippen molar-refractivity contribution in [2.45, 2.75) is 36.4 Å². The van der Waals surface area contributed by atoms with Crippen LogP contribution in [0.3, 0.4) is 0 Å². The highest BCUT2D eigenvalue weighted by molar-refractivity contribution is 7.99. The molecule has 5 rings (SSSR count). The molecule has 2 amide bonds. The minimum atomic E-state index is -0.713. The highest BCUT2D eigenvalue weighted by Crippen LogP contribution is 2.25. The summed E-state index contributed by atoms with van der Waals surface area (Å²) >= 11 is 7.64. The second-order valence-electron chi connectivity index (χ2n) is 10.6. The first-order valence-corrected chi connectivity index (χ1v) is 16.5. The zero-order valence-electron chi connectivity index (χ0n) is 25.7. The van der Waals surface area contributed by atoms with Gasteiger partial charge in [-0.05, 0) is 66.8 Å². The number of nitrogens with one attached hydrogen (secondary N) is 3. The van der Waals surface area contributed by atoms with E-state index in [2.05, 4.69) is 81.4 Å². The fourth-order valence-electron chi connectivity index (χ4n) is 4.84. The highest BCUT2D eigenvalue weighted by atomic mass is 35.5. The van der Waals surface area contributed by atoms with Crippen LogP contribution >= 0.6 is 23.4 Å². The number of amides is 2. The van der Waals surface area contributed by atoms with Crippen LogP contribution in [0.2, 0.25) is 5.02 Å². The van der Waals surface area contributed by atoms with E-state index in [0.29, 0.717) is 35.7 Å². The summed E-state index contributed by atoms with van der Waals surface area (Å²) in [7, 11) is 1.21. The molecule has 4 aromatic carbocycles. The molecule has 1 aliphatic rings. The fraction of sp³-hybridized carbons (Fsp3) is 0.278. The van der Waals surface area contributed by atoms with Crippen LogP contribution in [0.1, 0.15) is 23.1 Å². The molecule has 4 aromatic rings. The van der Waals surface area contributed by atoms with Crippen molar-refractivity contribution in [1.82, 2.24) is 10.6 Å². The SMILES string of the molecule is COC(=O)NCC(=O)Nc1cccc(F)c1CC[C@@H]1CNC[C@@H](CSc2ccc(Cl)cc2)O1.c1ccc(Cc2ccccc2)cc1. The predicted molar refractivity (Wildman–Crippen MR) is 183 cm³/mol. The predicted octanol–water partition coefficient (Wildman–Crippen LogP) is 7.13. The van der Waals surface area contributed by atoms with E-state index in [4.69, 9.17) is 16.3 Å². The third-order valence-electron chi connectivity index (χ3n) is 7.16. The van der Waals surface area contributed by atoms with E-state index in [0.717, 1.165) is 23.6 Å². The smallest absolute Gasteiger partial charge is 0.407 e. The molecule has 242 valence electrons. The van der Waals surface area contributed by atoms with Gasteiger partial charge >= 0.3 is 6.09 Å². The Kier molecular flexibility index (Phi) is 14.4. The highest BCUT2D eigenvalue weighted by Gasteiger charge is 2.23. The maximum absolute atomic E-state index is 14.5. The Morgan fingerprint density at radius 2 is 1.57 bits per heavy atom. The second-order valence-corrected chi connectivity index (χ2v) is 12.2. The summed E-state index contributed by atoms with van der Waals surface area (Å²) in [5.41, 5.74) is 3.53. The molecule has 1 heterocycles. The van der Waals surface area contributed by atoms with Crippen LogP contribution in [-0.4, -0.2) is 56.7 Å². The number of halogens is 2. The quantitative estimate of drug-likeness (QED) is 0.148. The Bertz CT molecular complexity index is 1480. The van der Waals surface area contributed by atoms with Crippen molar-refractivity contribution >= 4 is 41.1 Å². The molecule has 7 nitrogen and oxygen atoms in total. The molecular weight excluding hydrogens is 625 g/mol. The third-order valence-corrected chi connectivity index (χ3v) is 8.56. The molecule has 0 radical (unpaired) electrons. The monoisotopic (exact) mass is 663 g/mol. The largest absolute Gasteiger partial charge is 0.453 e. The van der Waals surface area contributed by atoms with Gasteiger partial charge < -0.3 is 25.4 Å². The first-order chi connectivity index (χ1) is 22.4. The molecule has 1 saturated heterocycles. The number of methoxy groups -OCH3 is 1. The van der Waals surface area contributed by atoms with E-state index >= 15 is 0 Å². The zero-order chi connectivity index (χ0) is 32.6. The van der Waals surface area contributed by atoms with E-state index in [9.17, 15) is 14.0 Å². The second kappa shape index (κ2) is 18.9. The van der Waals surface area contributed by atoms with E-state index in [1.807, 2.05) is 24.3 Å². The molecule has 0 saturated carbocycles. The van der Waals surface area contributed by atoms with Crippen LogP contribution in [-0.2, 0) is 27.1 Å². The topological polar surface area (TPSA) is 88.7 Å². The van der Waals surface area contributed by atoms with Crippen LogP contribution in [0.4, 0.5) is 14.9 Å². The minimum Gasteiger partial charge on any atom is -0.453 e. The molecule has 0 bridgehead atoms. The average Bonchev–Trinajstić information content (AvgIpc) is 3.08. The molecule has 0 unspecified atom stereocenters. The van der Waals surface area contributed by atoms with Crippen LogP contribution < -0.4 is 16.0 Å². The van der Waals surface area contributed by atoms with Gasteiger partial charge in [0.05, 0.1) is 19.3 Å². The van der Waals surface area contributed by atoms with Crippen molar-refractivity contribution in [3.8, 4) is 0 Å². The Balaban J connectivity index is 0.000000305. The zero-order valence-corrected chi connectivity index (χ0v) is 27.3. The lowest BCUT2D eigenvalue weighted by Crippen LogP contribution is -2.45. The normalized spacial score (nSPS) is 15.6. The molecule has 10 heteroatoms. The standard InChI is InChI=1S/C23H27ClFN3O4S.C13H12/c1-31-23(30)27-13-22(29)28-21-4-2-3-20(25)19(21)10-7-16-11-26-12-17(32-16)14-33-18-8-5-15(24)6-9-18;1-3-7-12(8-4-1)11-13-9-5-2-6-10-13/h2-6,8-9,16-17,26H,7,10-14H2,1H3,(H,27,30)(H,28,29);1-10H,11H2/t16-,17+;/m1./s1. The lowest BCUT2D eigenvalue weighted by Gasteiger charge is -2.31. The summed E-state index contributed by atoms with van der Waals surface area (Å²) in [6.07, 6.45) is 1.28. The number of morpholine rings is 1. The van der Waals surface area contributed by atoms with E-state index in [-0.39, 0.29) is 18.8 Å². The fourth-order valence-corrected chi connectivity index (χ4v) is 5.87. The average molecular weight is 664 g/mol. The molecular formula is C36H39ClFN3O4S. The molecule has 1 fully saturated rings. The first-order valence-electron chi connectivity index (χ1n) is 15.1. The Morgan fingerprint density at radius 1 is 0.913 bits per heavy atom. The summed E-state index contributed by atoms with van der Waals surface area (Å²) in [5, 5.41) is 9.04. The van der Waals surface area contributed by atoms with E-state index < -0.39 is 17.8 Å². The number of benzene rings is 4. The van der Waals surface area contributed by atoms with Gasteiger partial charge in [-0.25, -0.2) is 9.18 Å². The summed E-state index contributed by atoms with van der Waals surface area (Å²) in [4.78, 5) is 24.4. The number of hydrogen-bond donors (Lipinski definition) is 3. The van der Waals surface area contributed by atoms with Crippen molar-refractivity contribution in [2.24, 2.45) is 0 Å². The van der Waals surface area contributed by atoms with Gasteiger partial charge in [-0.15, -0.1) is 11.8 Å².